The van der Waals surface area contributed by atoms with Crippen LogP contribution in [0.25, 0.3) is 0 Å². The Morgan fingerprint density at radius 1 is 1.38 bits per heavy atom. The Bertz CT molecular complexity index is 560. The molecule has 0 aliphatic carbocycles. The van der Waals surface area contributed by atoms with E-state index in [9.17, 15) is 9.59 Å². The topological polar surface area (TPSA) is 67.4 Å². The highest BCUT2D eigenvalue weighted by Crippen LogP contribution is 2.12. The Kier molecular flexibility index (Phi) is 5.22. The molecule has 0 aromatic heterocycles. The number of hydrogen-bond donors (Lipinski definition) is 2. The number of benzene rings is 1. The van der Waals surface area contributed by atoms with Crippen molar-refractivity contribution in [2.75, 3.05) is 6.61 Å². The number of ether oxygens (including phenoxy) is 1. The van der Waals surface area contributed by atoms with Gasteiger partial charge in [0.1, 0.15) is 11.8 Å². The molecule has 2 rings (SSSR count). The van der Waals surface area contributed by atoms with E-state index in [0.29, 0.717) is 12.2 Å². The van der Waals surface area contributed by atoms with Crippen LogP contribution in [0.1, 0.15) is 19.8 Å². The fraction of sp³-hybridized carbons (Fsp3) is 0.375. The van der Waals surface area contributed by atoms with E-state index in [1.165, 1.54) is 0 Å². The zero-order valence-electron chi connectivity index (χ0n) is 11.9. The summed E-state index contributed by atoms with van der Waals surface area (Å²) in [6.07, 6.45) is 1.44. The predicted molar refractivity (Wildman–Crippen MR) is 78.5 cm³/mol. The van der Waals surface area contributed by atoms with E-state index in [2.05, 4.69) is 22.5 Å². The summed E-state index contributed by atoms with van der Waals surface area (Å²) in [7, 11) is 0. The normalized spacial score (nSPS) is 19.6. The predicted octanol–water partition coefficient (Wildman–Crippen LogP) is 0.852. The highest BCUT2D eigenvalue weighted by atomic mass is 16.5. The number of carbonyl (C=O) groups excluding carboxylic acids is 2. The number of rotatable bonds is 6. The molecule has 2 atom stereocenters. The lowest BCUT2D eigenvalue weighted by Gasteiger charge is -2.36. The molecule has 2 N–H and O–H groups in total. The van der Waals surface area contributed by atoms with E-state index in [4.69, 9.17) is 4.74 Å². The number of nitrogens with one attached hydrogen (secondary N) is 2. The summed E-state index contributed by atoms with van der Waals surface area (Å²) in [5.74, 6) is 5.92. The van der Waals surface area contributed by atoms with Crippen LogP contribution in [-0.2, 0) is 9.59 Å². The SMILES string of the molecule is CC#CCC[C@@H]1NC(=O)[C@H]1NC(=O)COc1ccccc1. The second-order valence-corrected chi connectivity index (χ2v) is 4.73. The van der Waals surface area contributed by atoms with Gasteiger partial charge in [-0.3, -0.25) is 9.59 Å². The van der Waals surface area contributed by atoms with E-state index in [0.717, 1.165) is 6.42 Å². The summed E-state index contributed by atoms with van der Waals surface area (Å²) in [4.78, 5) is 23.3. The number of β-lactam (4-membered cyclic amide) rings is 1. The molecule has 2 amide bonds. The van der Waals surface area contributed by atoms with Crippen molar-refractivity contribution in [1.29, 1.82) is 0 Å². The molecule has 1 aromatic rings. The van der Waals surface area contributed by atoms with Gasteiger partial charge in [0, 0.05) is 6.42 Å². The quantitative estimate of drug-likeness (QED) is 0.602. The molecule has 0 unspecified atom stereocenters. The largest absolute Gasteiger partial charge is 0.484 e. The molecule has 110 valence electrons. The second kappa shape index (κ2) is 7.34. The minimum atomic E-state index is -0.476. The molecule has 5 nitrogen and oxygen atoms in total. The van der Waals surface area contributed by atoms with Gasteiger partial charge in [-0.25, -0.2) is 0 Å². The summed E-state index contributed by atoms with van der Waals surface area (Å²) in [5.41, 5.74) is 0. The number of para-hydroxylation sites is 1. The number of carbonyl (C=O) groups is 2. The van der Waals surface area contributed by atoms with E-state index < -0.39 is 6.04 Å². The van der Waals surface area contributed by atoms with Crippen molar-refractivity contribution in [3.05, 3.63) is 30.3 Å². The highest BCUT2D eigenvalue weighted by Gasteiger charge is 2.39. The first kappa shape index (κ1) is 14.9. The van der Waals surface area contributed by atoms with Gasteiger partial charge in [-0.2, -0.15) is 0 Å². The van der Waals surface area contributed by atoms with E-state index in [-0.39, 0.29) is 24.5 Å². The minimum Gasteiger partial charge on any atom is -0.484 e. The van der Waals surface area contributed by atoms with Gasteiger partial charge in [-0.05, 0) is 25.5 Å². The zero-order chi connectivity index (χ0) is 15.1. The Balaban J connectivity index is 1.75. The first-order valence-electron chi connectivity index (χ1n) is 6.88. The summed E-state index contributed by atoms with van der Waals surface area (Å²) in [5, 5.41) is 5.46. The highest BCUT2D eigenvalue weighted by molar-refractivity contribution is 5.93. The van der Waals surface area contributed by atoms with Crippen molar-refractivity contribution < 1.29 is 14.3 Å². The lowest BCUT2D eigenvalue weighted by atomic mass is 9.94. The first-order chi connectivity index (χ1) is 10.2. The van der Waals surface area contributed by atoms with Crippen molar-refractivity contribution in [2.24, 2.45) is 0 Å². The fourth-order valence-corrected chi connectivity index (χ4v) is 2.08. The zero-order valence-corrected chi connectivity index (χ0v) is 11.9. The van der Waals surface area contributed by atoms with Crippen LogP contribution in [0.5, 0.6) is 5.75 Å². The molecule has 5 heteroatoms. The molecule has 0 saturated carbocycles. The molecular weight excluding hydrogens is 268 g/mol. The van der Waals surface area contributed by atoms with Crippen LogP contribution in [0.4, 0.5) is 0 Å². The van der Waals surface area contributed by atoms with Crippen LogP contribution in [0.15, 0.2) is 30.3 Å². The molecule has 1 aliphatic heterocycles. The molecule has 21 heavy (non-hydrogen) atoms. The van der Waals surface area contributed by atoms with E-state index >= 15 is 0 Å². The van der Waals surface area contributed by atoms with E-state index in [1.807, 2.05) is 18.2 Å². The van der Waals surface area contributed by atoms with Crippen molar-refractivity contribution in [1.82, 2.24) is 10.6 Å². The molecule has 1 fully saturated rings. The van der Waals surface area contributed by atoms with Crippen LogP contribution in [0.2, 0.25) is 0 Å². The lowest BCUT2D eigenvalue weighted by molar-refractivity contribution is -0.137. The van der Waals surface area contributed by atoms with Crippen molar-refractivity contribution in [3.8, 4) is 17.6 Å². The minimum absolute atomic E-state index is 0.0426. The van der Waals surface area contributed by atoms with Crippen molar-refractivity contribution in [2.45, 2.75) is 31.8 Å². The summed E-state index contributed by atoms with van der Waals surface area (Å²) in [6, 6.07) is 8.56. The van der Waals surface area contributed by atoms with Gasteiger partial charge in [0.05, 0.1) is 6.04 Å². The van der Waals surface area contributed by atoms with Gasteiger partial charge in [-0.1, -0.05) is 18.2 Å². The fourth-order valence-electron chi connectivity index (χ4n) is 2.08. The van der Waals surface area contributed by atoms with Crippen LogP contribution in [0.3, 0.4) is 0 Å². The second-order valence-electron chi connectivity index (χ2n) is 4.73. The average molecular weight is 286 g/mol. The van der Waals surface area contributed by atoms with Crippen molar-refractivity contribution >= 4 is 11.8 Å². The molecule has 1 heterocycles. The Hall–Kier alpha value is -2.48. The van der Waals surface area contributed by atoms with Gasteiger partial charge < -0.3 is 15.4 Å². The van der Waals surface area contributed by atoms with Gasteiger partial charge in [0.2, 0.25) is 5.91 Å². The number of hydrogen-bond acceptors (Lipinski definition) is 3. The van der Waals surface area contributed by atoms with Crippen LogP contribution >= 0.6 is 0 Å². The Morgan fingerprint density at radius 2 is 2.14 bits per heavy atom. The first-order valence-corrected chi connectivity index (χ1v) is 6.88. The van der Waals surface area contributed by atoms with Gasteiger partial charge in [-0.15, -0.1) is 11.8 Å². The smallest absolute Gasteiger partial charge is 0.258 e. The standard InChI is InChI=1S/C16H18N2O3/c1-2-3-5-10-13-15(16(20)17-13)18-14(19)11-21-12-8-6-4-7-9-12/h4,6-9,13,15H,5,10-11H2,1H3,(H,17,20)(H,18,19)/t13-,15-/m0/s1. The Morgan fingerprint density at radius 3 is 2.81 bits per heavy atom. The summed E-state index contributed by atoms with van der Waals surface area (Å²) >= 11 is 0. The maximum absolute atomic E-state index is 11.8. The summed E-state index contributed by atoms with van der Waals surface area (Å²) < 4.78 is 5.34. The molecule has 1 aromatic carbocycles. The molecular formula is C16H18N2O3. The molecule has 0 spiro atoms. The molecule has 1 aliphatic rings. The lowest BCUT2D eigenvalue weighted by Crippen LogP contribution is -2.69. The maximum atomic E-state index is 11.8. The monoisotopic (exact) mass is 286 g/mol. The maximum Gasteiger partial charge on any atom is 0.258 e. The number of amides is 2. The van der Waals surface area contributed by atoms with Gasteiger partial charge in [0.25, 0.3) is 5.91 Å². The van der Waals surface area contributed by atoms with Gasteiger partial charge >= 0.3 is 0 Å². The van der Waals surface area contributed by atoms with Crippen LogP contribution < -0.4 is 15.4 Å². The molecule has 0 bridgehead atoms. The van der Waals surface area contributed by atoms with Gasteiger partial charge in [0.15, 0.2) is 6.61 Å². The third-order valence-corrected chi connectivity index (χ3v) is 3.20. The third kappa shape index (κ3) is 4.25. The van der Waals surface area contributed by atoms with Crippen LogP contribution in [-0.4, -0.2) is 30.5 Å². The van der Waals surface area contributed by atoms with E-state index in [1.54, 1.807) is 19.1 Å². The molecule has 0 radical (unpaired) electrons. The molecule has 1 saturated heterocycles. The van der Waals surface area contributed by atoms with Crippen molar-refractivity contribution in [3.63, 3.8) is 0 Å². The average Bonchev–Trinajstić information content (AvgIpc) is 2.51. The summed E-state index contributed by atoms with van der Waals surface area (Å²) in [6.45, 7) is 1.68. The third-order valence-electron chi connectivity index (χ3n) is 3.20. The van der Waals surface area contributed by atoms with Crippen LogP contribution in [0, 0.1) is 11.8 Å². The Labute approximate surface area is 124 Å².